The molecule has 318 valence electrons. The van der Waals surface area contributed by atoms with Crippen LogP contribution in [0.1, 0.15) is 0 Å². The van der Waals surface area contributed by atoms with Crippen LogP contribution in [-0.2, 0) is 0 Å². The summed E-state index contributed by atoms with van der Waals surface area (Å²) in [6, 6.07) is 97.3. The first-order valence-electron chi connectivity index (χ1n) is 23.4. The summed E-state index contributed by atoms with van der Waals surface area (Å²) in [5, 5.41) is 10.2. The van der Waals surface area contributed by atoms with Gasteiger partial charge in [-0.15, -0.1) is 0 Å². The minimum atomic E-state index is 1.10. The third kappa shape index (κ3) is 6.82. The molecule has 13 rings (SSSR count). The van der Waals surface area contributed by atoms with Crippen molar-refractivity contribution in [3.8, 4) is 50.2 Å². The number of anilines is 3. The van der Waals surface area contributed by atoms with Gasteiger partial charge in [0.1, 0.15) is 0 Å². The van der Waals surface area contributed by atoms with E-state index in [1.807, 2.05) is 0 Å². The molecule has 0 spiro atoms. The second-order valence-corrected chi connectivity index (χ2v) is 17.7. The standard InChI is InChI=1S/C66H44N2/c1-4-14-45(15-5-1)46-24-26-47(27-25-46)51-33-40-65-63(43-51)64-44-52(34-41-66(64)68(65)54-18-8-3-9-19-54)49-30-37-56(38-31-49)67(53-16-6-2-7-17-53)55-35-28-48(29-36-55)50-32-39-61-59-22-11-10-20-57(59)58-21-12-13-23-60(58)62(61)42-50/h1-44H. The molecule has 1 heterocycles. The van der Waals surface area contributed by atoms with Gasteiger partial charge in [-0.25, -0.2) is 0 Å². The van der Waals surface area contributed by atoms with Gasteiger partial charge in [0.15, 0.2) is 0 Å². The lowest BCUT2D eigenvalue weighted by Gasteiger charge is -2.26. The molecule has 68 heavy (non-hydrogen) atoms. The molecule has 0 unspecified atom stereocenters. The number of nitrogens with zero attached hydrogens (tertiary/aromatic N) is 2. The quantitative estimate of drug-likeness (QED) is 0.138. The Labute approximate surface area is 395 Å². The largest absolute Gasteiger partial charge is 0.311 e. The van der Waals surface area contributed by atoms with Crippen LogP contribution in [0.2, 0.25) is 0 Å². The van der Waals surface area contributed by atoms with E-state index >= 15 is 0 Å². The maximum absolute atomic E-state index is 2.40. The van der Waals surface area contributed by atoms with Crippen LogP contribution in [0.25, 0.3) is 104 Å². The van der Waals surface area contributed by atoms with Crippen molar-refractivity contribution >= 4 is 71.2 Å². The fourth-order valence-electron chi connectivity index (χ4n) is 10.4. The Bertz CT molecular complexity index is 3930. The molecule has 1 aromatic heterocycles. The molecule has 0 bridgehead atoms. The minimum Gasteiger partial charge on any atom is -0.311 e. The van der Waals surface area contributed by atoms with E-state index in [9.17, 15) is 0 Å². The molecule has 0 N–H and O–H groups in total. The third-order valence-corrected chi connectivity index (χ3v) is 13.8. The molecule has 12 aromatic carbocycles. The number of aromatic nitrogens is 1. The van der Waals surface area contributed by atoms with Gasteiger partial charge in [0.05, 0.1) is 11.0 Å². The van der Waals surface area contributed by atoms with Gasteiger partial charge in [-0.1, -0.05) is 188 Å². The lowest BCUT2D eigenvalue weighted by Crippen LogP contribution is -2.09. The first-order chi connectivity index (χ1) is 33.7. The lowest BCUT2D eigenvalue weighted by atomic mass is 9.92. The average molecular weight is 865 g/mol. The van der Waals surface area contributed by atoms with Crippen LogP contribution in [0.15, 0.2) is 267 Å². The molecule has 0 atom stereocenters. The predicted molar refractivity (Wildman–Crippen MR) is 290 cm³/mol. The lowest BCUT2D eigenvalue weighted by molar-refractivity contribution is 1.18. The fraction of sp³-hybridized carbons (Fsp3) is 0. The SMILES string of the molecule is c1ccc(-c2ccc(-c3ccc4c(c3)c3cc(-c5ccc(N(c6ccccc6)c6ccc(-c7ccc8c9ccccc9c9ccccc9c8c7)cc6)cc5)ccc3n4-c3ccccc3)cc2)cc1. The van der Waals surface area contributed by atoms with Gasteiger partial charge >= 0.3 is 0 Å². The molecule has 2 nitrogen and oxygen atoms in total. The van der Waals surface area contributed by atoms with Crippen LogP contribution in [-0.4, -0.2) is 4.57 Å². The molecule has 13 aromatic rings. The van der Waals surface area contributed by atoms with Crippen molar-refractivity contribution in [2.45, 2.75) is 0 Å². The van der Waals surface area contributed by atoms with Crippen LogP contribution in [0.3, 0.4) is 0 Å². The number of hydrogen-bond donors (Lipinski definition) is 0. The van der Waals surface area contributed by atoms with Gasteiger partial charge in [0.25, 0.3) is 0 Å². The zero-order valence-electron chi connectivity index (χ0n) is 37.3. The molecule has 0 aliphatic carbocycles. The Balaban J connectivity index is 0.856. The Morgan fingerprint density at radius 1 is 0.206 bits per heavy atom. The highest BCUT2D eigenvalue weighted by atomic mass is 15.1. The van der Waals surface area contributed by atoms with Crippen LogP contribution in [0, 0.1) is 0 Å². The van der Waals surface area contributed by atoms with E-state index in [2.05, 4.69) is 276 Å². The molecule has 0 fully saturated rings. The van der Waals surface area contributed by atoms with Crippen molar-refractivity contribution in [3.63, 3.8) is 0 Å². The highest BCUT2D eigenvalue weighted by molar-refractivity contribution is 6.25. The van der Waals surface area contributed by atoms with Crippen molar-refractivity contribution in [3.05, 3.63) is 267 Å². The number of fused-ring (bicyclic) bond motifs is 9. The second kappa shape index (κ2) is 16.5. The van der Waals surface area contributed by atoms with Crippen molar-refractivity contribution < 1.29 is 0 Å². The number of benzene rings is 12. The normalized spacial score (nSPS) is 11.5. The van der Waals surface area contributed by atoms with Crippen molar-refractivity contribution in [1.82, 2.24) is 4.57 Å². The Kier molecular flexibility index (Phi) is 9.54. The molecule has 0 saturated carbocycles. The third-order valence-electron chi connectivity index (χ3n) is 13.8. The van der Waals surface area contributed by atoms with Crippen molar-refractivity contribution in [1.29, 1.82) is 0 Å². The zero-order valence-corrected chi connectivity index (χ0v) is 37.3. The molecule has 0 amide bonds. The Morgan fingerprint density at radius 2 is 0.515 bits per heavy atom. The van der Waals surface area contributed by atoms with E-state index in [1.54, 1.807) is 0 Å². The van der Waals surface area contributed by atoms with E-state index in [0.29, 0.717) is 0 Å². The van der Waals surface area contributed by atoms with E-state index in [-0.39, 0.29) is 0 Å². The van der Waals surface area contributed by atoms with Crippen molar-refractivity contribution in [2.24, 2.45) is 0 Å². The maximum atomic E-state index is 2.40. The van der Waals surface area contributed by atoms with Gasteiger partial charge in [0.2, 0.25) is 0 Å². The number of para-hydroxylation sites is 2. The topological polar surface area (TPSA) is 8.17 Å². The van der Waals surface area contributed by atoms with Crippen molar-refractivity contribution in [2.75, 3.05) is 4.90 Å². The van der Waals surface area contributed by atoms with Gasteiger partial charge < -0.3 is 9.47 Å². The summed E-state index contributed by atoms with van der Waals surface area (Å²) in [4.78, 5) is 2.35. The molecule has 0 radical (unpaired) electrons. The van der Waals surface area contributed by atoms with E-state index in [0.717, 1.165) is 22.7 Å². The number of rotatable bonds is 8. The first kappa shape index (κ1) is 39.4. The number of hydrogen-bond acceptors (Lipinski definition) is 1. The van der Waals surface area contributed by atoms with Gasteiger partial charge in [-0.05, 0) is 156 Å². The molecule has 2 heteroatoms. The summed E-state index contributed by atoms with van der Waals surface area (Å²) in [6.45, 7) is 0. The molecule has 0 saturated heterocycles. The smallest absolute Gasteiger partial charge is 0.0541 e. The molecule has 0 aliphatic heterocycles. The summed E-state index contributed by atoms with van der Waals surface area (Å²) in [7, 11) is 0. The Hall–Kier alpha value is -8.98. The van der Waals surface area contributed by atoms with Gasteiger partial charge in [-0.2, -0.15) is 0 Å². The highest BCUT2D eigenvalue weighted by Crippen LogP contribution is 2.41. The second-order valence-electron chi connectivity index (χ2n) is 17.7. The van der Waals surface area contributed by atoms with Gasteiger partial charge in [0, 0.05) is 33.5 Å². The molecule has 0 aliphatic rings. The van der Waals surface area contributed by atoms with E-state index < -0.39 is 0 Å². The predicted octanol–water partition coefficient (Wildman–Crippen LogP) is 18.4. The first-order valence-corrected chi connectivity index (χ1v) is 23.4. The van der Waals surface area contributed by atoms with E-state index in [1.165, 1.54) is 98.6 Å². The van der Waals surface area contributed by atoms with Gasteiger partial charge in [-0.3, -0.25) is 0 Å². The maximum Gasteiger partial charge on any atom is 0.0541 e. The average Bonchev–Trinajstić information content (AvgIpc) is 3.75. The summed E-state index contributed by atoms with van der Waals surface area (Å²) in [6.07, 6.45) is 0. The zero-order chi connectivity index (χ0) is 45.0. The summed E-state index contributed by atoms with van der Waals surface area (Å²) < 4.78 is 2.40. The summed E-state index contributed by atoms with van der Waals surface area (Å²) in [5.41, 5.74) is 16.4. The summed E-state index contributed by atoms with van der Waals surface area (Å²) in [5.74, 6) is 0. The van der Waals surface area contributed by atoms with Crippen LogP contribution in [0.4, 0.5) is 17.1 Å². The fourth-order valence-corrected chi connectivity index (χ4v) is 10.4. The van der Waals surface area contributed by atoms with Crippen LogP contribution >= 0.6 is 0 Å². The molecular formula is C66H44N2. The van der Waals surface area contributed by atoms with Crippen LogP contribution in [0.5, 0.6) is 0 Å². The molecular weight excluding hydrogens is 821 g/mol. The monoisotopic (exact) mass is 864 g/mol. The highest BCUT2D eigenvalue weighted by Gasteiger charge is 2.17. The van der Waals surface area contributed by atoms with Crippen LogP contribution < -0.4 is 4.90 Å². The minimum absolute atomic E-state index is 1.10. The van der Waals surface area contributed by atoms with E-state index in [4.69, 9.17) is 0 Å². The Morgan fingerprint density at radius 3 is 1.00 bits per heavy atom. The summed E-state index contributed by atoms with van der Waals surface area (Å²) >= 11 is 0.